The van der Waals surface area contributed by atoms with Crippen molar-refractivity contribution in [1.82, 2.24) is 5.32 Å². The van der Waals surface area contributed by atoms with Gasteiger partial charge in [0, 0.05) is 19.4 Å². The number of carbonyl (C=O) groups is 1. The minimum absolute atomic E-state index is 0.0842. The van der Waals surface area contributed by atoms with Gasteiger partial charge in [-0.25, -0.2) is 0 Å². The fourth-order valence-electron chi connectivity index (χ4n) is 1.85. The molecule has 0 bridgehead atoms. The van der Waals surface area contributed by atoms with Crippen LogP contribution in [-0.2, 0) is 11.2 Å². The highest BCUT2D eigenvalue weighted by molar-refractivity contribution is 5.76. The van der Waals surface area contributed by atoms with Crippen molar-refractivity contribution in [3.63, 3.8) is 0 Å². The molecule has 1 aromatic rings. The molecule has 1 aliphatic rings. The molecule has 5 nitrogen and oxygen atoms in total. The lowest BCUT2D eigenvalue weighted by atomic mass is 10.1. The normalized spacial score (nSPS) is 12.6. The molecule has 1 aliphatic heterocycles. The summed E-state index contributed by atoms with van der Waals surface area (Å²) in [6.45, 7) is 1.71. The van der Waals surface area contributed by atoms with Gasteiger partial charge < -0.3 is 14.8 Å². The maximum Gasteiger partial charge on any atom is 0.221 e. The number of fused-ring (bicyclic) bond motifs is 1. The van der Waals surface area contributed by atoms with Gasteiger partial charge in [-0.05, 0) is 24.1 Å². The largest absolute Gasteiger partial charge is 0.486 e. The lowest BCUT2D eigenvalue weighted by Gasteiger charge is -2.18. The summed E-state index contributed by atoms with van der Waals surface area (Å²) in [6, 6.07) is 7.75. The van der Waals surface area contributed by atoms with Crippen molar-refractivity contribution >= 4 is 5.91 Å². The first kappa shape index (κ1) is 13.2. The minimum Gasteiger partial charge on any atom is -0.486 e. The Bertz CT molecular complexity index is 494. The molecule has 1 N–H and O–H groups in total. The number of nitrogens with zero attached hydrogens (tertiary/aromatic N) is 1. The lowest BCUT2D eigenvalue weighted by molar-refractivity contribution is -0.120. The van der Waals surface area contributed by atoms with Crippen LogP contribution in [0.15, 0.2) is 18.2 Å². The lowest BCUT2D eigenvalue weighted by Crippen LogP contribution is -2.25. The number of hydrogen-bond donors (Lipinski definition) is 1. The highest BCUT2D eigenvalue weighted by Gasteiger charge is 2.11. The highest BCUT2D eigenvalue weighted by Crippen LogP contribution is 2.30. The third-order valence-electron chi connectivity index (χ3n) is 2.81. The quantitative estimate of drug-likeness (QED) is 0.869. The van der Waals surface area contributed by atoms with Crippen LogP contribution in [0.5, 0.6) is 11.5 Å². The molecule has 0 spiro atoms. The standard InChI is InChI=1S/C14H16N2O3/c15-6-1-2-14(17)16-7-5-11-3-4-12-13(10-11)19-9-8-18-12/h3-4,10H,1-2,5,7-9H2,(H,16,17). The fourth-order valence-corrected chi connectivity index (χ4v) is 1.85. The summed E-state index contributed by atoms with van der Waals surface area (Å²) in [5.41, 5.74) is 1.09. The van der Waals surface area contributed by atoms with Crippen molar-refractivity contribution in [3.8, 4) is 17.6 Å². The van der Waals surface area contributed by atoms with E-state index < -0.39 is 0 Å². The van der Waals surface area contributed by atoms with Gasteiger partial charge in [-0.2, -0.15) is 5.26 Å². The smallest absolute Gasteiger partial charge is 0.221 e. The van der Waals surface area contributed by atoms with Crippen molar-refractivity contribution in [2.45, 2.75) is 19.3 Å². The van der Waals surface area contributed by atoms with E-state index in [2.05, 4.69) is 5.32 Å². The van der Waals surface area contributed by atoms with E-state index in [9.17, 15) is 4.79 Å². The van der Waals surface area contributed by atoms with Crippen LogP contribution >= 0.6 is 0 Å². The summed E-state index contributed by atoms with van der Waals surface area (Å²) in [5.74, 6) is 1.45. The Hall–Kier alpha value is -2.22. The summed E-state index contributed by atoms with van der Waals surface area (Å²) in [7, 11) is 0. The van der Waals surface area contributed by atoms with Crippen molar-refractivity contribution in [2.75, 3.05) is 19.8 Å². The highest BCUT2D eigenvalue weighted by atomic mass is 16.6. The van der Waals surface area contributed by atoms with Crippen LogP contribution in [0.1, 0.15) is 18.4 Å². The molecule has 0 atom stereocenters. The van der Waals surface area contributed by atoms with Gasteiger partial charge in [-0.15, -0.1) is 0 Å². The minimum atomic E-state index is -0.0842. The molecule has 100 valence electrons. The van der Waals surface area contributed by atoms with Crippen LogP contribution in [0.4, 0.5) is 0 Å². The molecule has 0 radical (unpaired) electrons. The Morgan fingerprint density at radius 3 is 2.89 bits per heavy atom. The molecule has 0 unspecified atom stereocenters. The number of benzene rings is 1. The third kappa shape index (κ3) is 3.88. The van der Waals surface area contributed by atoms with Crippen LogP contribution in [0, 0.1) is 11.3 Å². The van der Waals surface area contributed by atoms with Gasteiger partial charge in [0.05, 0.1) is 6.07 Å². The van der Waals surface area contributed by atoms with Crippen LogP contribution in [0.3, 0.4) is 0 Å². The Balaban J connectivity index is 1.80. The van der Waals surface area contributed by atoms with Crippen LogP contribution in [0.25, 0.3) is 0 Å². The fraction of sp³-hybridized carbons (Fsp3) is 0.429. The second kappa shape index (κ2) is 6.64. The number of amides is 1. The van der Waals surface area contributed by atoms with E-state index in [0.29, 0.717) is 19.8 Å². The monoisotopic (exact) mass is 260 g/mol. The van der Waals surface area contributed by atoms with Gasteiger partial charge in [0.15, 0.2) is 11.5 Å². The van der Waals surface area contributed by atoms with Crippen LogP contribution in [0.2, 0.25) is 0 Å². The topological polar surface area (TPSA) is 71.4 Å². The summed E-state index contributed by atoms with van der Waals surface area (Å²) >= 11 is 0. The zero-order valence-corrected chi connectivity index (χ0v) is 10.6. The molecule has 0 fully saturated rings. The van der Waals surface area contributed by atoms with Crippen LogP contribution in [-0.4, -0.2) is 25.7 Å². The van der Waals surface area contributed by atoms with Crippen molar-refractivity contribution in [3.05, 3.63) is 23.8 Å². The van der Waals surface area contributed by atoms with Gasteiger partial charge in [0.1, 0.15) is 13.2 Å². The number of nitrogens with one attached hydrogen (secondary N) is 1. The molecule has 0 aromatic heterocycles. The summed E-state index contributed by atoms with van der Waals surface area (Å²) in [6.07, 6.45) is 1.25. The molecule has 2 rings (SSSR count). The maximum atomic E-state index is 11.3. The van der Waals surface area contributed by atoms with Gasteiger partial charge in [-0.3, -0.25) is 4.79 Å². The number of nitriles is 1. The number of ether oxygens (including phenoxy) is 2. The zero-order valence-electron chi connectivity index (χ0n) is 10.6. The molecular weight excluding hydrogens is 244 g/mol. The van der Waals surface area contributed by atoms with Crippen LogP contribution < -0.4 is 14.8 Å². The van der Waals surface area contributed by atoms with E-state index >= 15 is 0 Å². The third-order valence-corrected chi connectivity index (χ3v) is 2.81. The van der Waals surface area contributed by atoms with E-state index in [4.69, 9.17) is 14.7 Å². The van der Waals surface area contributed by atoms with E-state index in [1.165, 1.54) is 0 Å². The Labute approximate surface area is 112 Å². The predicted octanol–water partition coefficient (Wildman–Crippen LogP) is 1.42. The SMILES string of the molecule is N#CCCC(=O)NCCc1ccc2c(c1)OCCO2. The molecule has 1 aromatic carbocycles. The first-order chi connectivity index (χ1) is 9.29. The number of hydrogen-bond acceptors (Lipinski definition) is 4. The Morgan fingerprint density at radius 2 is 2.11 bits per heavy atom. The second-order valence-corrected chi connectivity index (χ2v) is 4.24. The van der Waals surface area contributed by atoms with E-state index in [0.717, 1.165) is 23.5 Å². The van der Waals surface area contributed by atoms with E-state index in [-0.39, 0.29) is 18.7 Å². The molecule has 5 heteroatoms. The molecule has 0 saturated carbocycles. The summed E-state index contributed by atoms with van der Waals surface area (Å²) in [4.78, 5) is 11.3. The van der Waals surface area contributed by atoms with Gasteiger partial charge in [0.25, 0.3) is 0 Å². The van der Waals surface area contributed by atoms with Crippen molar-refractivity contribution < 1.29 is 14.3 Å². The second-order valence-electron chi connectivity index (χ2n) is 4.24. The van der Waals surface area contributed by atoms with Crippen molar-refractivity contribution in [2.24, 2.45) is 0 Å². The number of carbonyl (C=O) groups excluding carboxylic acids is 1. The van der Waals surface area contributed by atoms with E-state index in [1.807, 2.05) is 24.3 Å². The molecule has 0 saturated heterocycles. The maximum absolute atomic E-state index is 11.3. The van der Waals surface area contributed by atoms with Gasteiger partial charge >= 0.3 is 0 Å². The number of rotatable bonds is 5. The molecule has 1 heterocycles. The zero-order chi connectivity index (χ0) is 13.5. The van der Waals surface area contributed by atoms with E-state index in [1.54, 1.807) is 0 Å². The first-order valence-corrected chi connectivity index (χ1v) is 6.32. The predicted molar refractivity (Wildman–Crippen MR) is 69.0 cm³/mol. The summed E-state index contributed by atoms with van der Waals surface area (Å²) in [5, 5.41) is 11.2. The van der Waals surface area contributed by atoms with Gasteiger partial charge in [-0.1, -0.05) is 6.07 Å². The molecule has 19 heavy (non-hydrogen) atoms. The first-order valence-electron chi connectivity index (χ1n) is 6.32. The molecule has 1 amide bonds. The average molecular weight is 260 g/mol. The Morgan fingerprint density at radius 1 is 1.32 bits per heavy atom. The molecular formula is C14H16N2O3. The average Bonchev–Trinajstić information content (AvgIpc) is 2.45. The summed E-state index contributed by atoms with van der Waals surface area (Å²) < 4.78 is 10.9. The van der Waals surface area contributed by atoms with Gasteiger partial charge in [0.2, 0.25) is 5.91 Å². The molecule has 0 aliphatic carbocycles. The van der Waals surface area contributed by atoms with Crippen molar-refractivity contribution in [1.29, 1.82) is 5.26 Å². The Kier molecular flexibility index (Phi) is 4.62.